The molecule has 0 radical (unpaired) electrons. The zero-order chi connectivity index (χ0) is 17.4. The minimum Gasteiger partial charge on any atom is -0.379 e. The van der Waals surface area contributed by atoms with Gasteiger partial charge in [-0.2, -0.15) is 0 Å². The molecule has 5 heteroatoms. The normalized spacial score (nSPS) is 24.3. The van der Waals surface area contributed by atoms with Gasteiger partial charge in [0.2, 0.25) is 6.41 Å². The molecule has 1 aliphatic heterocycles. The molecule has 4 nitrogen and oxygen atoms in total. The molecule has 3 N–H and O–H groups in total. The van der Waals surface area contributed by atoms with E-state index >= 15 is 0 Å². The number of carbonyl (C=O) groups is 1. The van der Waals surface area contributed by atoms with Crippen molar-refractivity contribution in [3.8, 4) is 0 Å². The average Bonchev–Trinajstić information content (AvgIpc) is 2.57. The smallest absolute Gasteiger partial charge is 0.211 e. The van der Waals surface area contributed by atoms with Gasteiger partial charge in [0.1, 0.15) is 0 Å². The number of nitrogens with zero attached hydrogens (tertiary/aromatic N) is 1. The van der Waals surface area contributed by atoms with Crippen LogP contribution in [0.1, 0.15) is 57.9 Å². The van der Waals surface area contributed by atoms with Crippen LogP contribution in [0.4, 0.5) is 5.69 Å². The highest BCUT2D eigenvalue weighted by molar-refractivity contribution is 8.13. The van der Waals surface area contributed by atoms with E-state index in [9.17, 15) is 4.79 Å². The van der Waals surface area contributed by atoms with Crippen molar-refractivity contribution in [1.82, 2.24) is 0 Å². The summed E-state index contributed by atoms with van der Waals surface area (Å²) in [5, 5.41) is 3.28. The Labute approximate surface area is 149 Å². The Bertz CT molecular complexity index is 569. The molecular weight excluding hydrogens is 318 g/mol. The van der Waals surface area contributed by atoms with Crippen LogP contribution in [-0.2, 0) is 10.3 Å². The van der Waals surface area contributed by atoms with Crippen molar-refractivity contribution in [1.29, 1.82) is 0 Å². The fourth-order valence-corrected chi connectivity index (χ4v) is 4.19. The number of aliphatic imine (C=N–C) groups is 1. The van der Waals surface area contributed by atoms with Crippen molar-refractivity contribution in [2.75, 3.05) is 11.1 Å². The lowest BCUT2D eigenvalue weighted by molar-refractivity contribution is -0.105. The number of carbonyl (C=O) groups excluding carboxylic acids is 1. The first-order valence-electron chi connectivity index (χ1n) is 8.82. The van der Waals surface area contributed by atoms with Gasteiger partial charge in [-0.3, -0.25) is 9.79 Å². The van der Waals surface area contributed by atoms with Gasteiger partial charge >= 0.3 is 0 Å². The van der Waals surface area contributed by atoms with E-state index in [-0.39, 0.29) is 5.54 Å². The van der Waals surface area contributed by atoms with Gasteiger partial charge in [-0.05, 0) is 37.0 Å². The lowest BCUT2D eigenvalue weighted by Crippen LogP contribution is -2.28. The number of amides is 1. The number of nitrogens with one attached hydrogen (secondary N) is 1. The number of amidine groups is 1. The third-order valence-electron chi connectivity index (χ3n) is 4.80. The number of nitrogens with two attached hydrogens (primary N) is 1. The largest absolute Gasteiger partial charge is 0.379 e. The molecule has 0 bridgehead atoms. The zero-order valence-electron chi connectivity index (χ0n) is 14.8. The van der Waals surface area contributed by atoms with Gasteiger partial charge < -0.3 is 11.1 Å². The van der Waals surface area contributed by atoms with E-state index < -0.39 is 0 Å². The first-order valence-corrected chi connectivity index (χ1v) is 9.81. The summed E-state index contributed by atoms with van der Waals surface area (Å²) >= 11 is 1.59. The first-order chi connectivity index (χ1) is 11.5. The van der Waals surface area contributed by atoms with E-state index in [1.807, 2.05) is 24.3 Å². The minimum atomic E-state index is -0.282. The van der Waals surface area contributed by atoms with Crippen LogP contribution in [0.25, 0.3) is 0 Å². The molecule has 1 amide bonds. The van der Waals surface area contributed by atoms with Gasteiger partial charge in [0, 0.05) is 11.4 Å². The van der Waals surface area contributed by atoms with Crippen LogP contribution in [0.3, 0.4) is 0 Å². The second-order valence-electron chi connectivity index (χ2n) is 6.91. The number of anilines is 1. The van der Waals surface area contributed by atoms with Gasteiger partial charge in [0.05, 0.1) is 5.54 Å². The molecule has 1 aliphatic carbocycles. The standard InChI is InChI=1S/C12H15N3OS.C7H14/c1-12(5-6-17-11(13)15-12)9-3-2-4-10(7-9)14-8-16;1-7-5-3-2-4-6-7/h2-4,7-8H,5-6H2,1H3,(H2,13,15)(H,14,16);7H,2-6H2,1H3. The van der Waals surface area contributed by atoms with Crippen LogP contribution in [-0.4, -0.2) is 17.3 Å². The summed E-state index contributed by atoms with van der Waals surface area (Å²) in [4.78, 5) is 15.0. The summed E-state index contributed by atoms with van der Waals surface area (Å²) in [7, 11) is 0. The molecule has 0 saturated heterocycles. The topological polar surface area (TPSA) is 67.5 Å². The third-order valence-corrected chi connectivity index (χ3v) is 5.59. The molecule has 24 heavy (non-hydrogen) atoms. The summed E-state index contributed by atoms with van der Waals surface area (Å²) < 4.78 is 0. The van der Waals surface area contributed by atoms with Crippen LogP contribution in [0.5, 0.6) is 0 Å². The SMILES string of the molecule is CC1(c2cccc(NC=O)c2)CCSC(N)=N1.CC1CCCCC1. The molecule has 0 spiro atoms. The van der Waals surface area contributed by atoms with E-state index in [0.717, 1.165) is 29.3 Å². The Morgan fingerprint density at radius 2 is 2.08 bits per heavy atom. The second kappa shape index (κ2) is 9.11. The van der Waals surface area contributed by atoms with Crippen molar-refractivity contribution >= 4 is 29.0 Å². The second-order valence-corrected chi connectivity index (χ2v) is 8.02. The van der Waals surface area contributed by atoms with Crippen molar-refractivity contribution in [3.05, 3.63) is 29.8 Å². The molecule has 1 heterocycles. The Kier molecular flexibility index (Phi) is 7.16. The number of hydrogen-bond donors (Lipinski definition) is 2. The maximum absolute atomic E-state index is 10.4. The van der Waals surface area contributed by atoms with Crippen molar-refractivity contribution in [3.63, 3.8) is 0 Å². The average molecular weight is 348 g/mol. The summed E-state index contributed by atoms with van der Waals surface area (Å²) in [5.41, 5.74) is 7.36. The minimum absolute atomic E-state index is 0.282. The van der Waals surface area contributed by atoms with Gasteiger partial charge in [-0.1, -0.05) is 62.9 Å². The predicted octanol–water partition coefficient (Wildman–Crippen LogP) is 4.51. The van der Waals surface area contributed by atoms with E-state index in [1.54, 1.807) is 11.8 Å². The van der Waals surface area contributed by atoms with E-state index in [4.69, 9.17) is 5.73 Å². The molecule has 3 rings (SSSR count). The Morgan fingerprint density at radius 3 is 2.67 bits per heavy atom. The highest BCUT2D eigenvalue weighted by atomic mass is 32.2. The van der Waals surface area contributed by atoms with Gasteiger partial charge in [-0.25, -0.2) is 0 Å². The molecule has 1 aromatic rings. The molecular formula is C19H29N3OS. The molecule has 1 saturated carbocycles. The summed E-state index contributed by atoms with van der Waals surface area (Å²) in [6.45, 7) is 4.43. The molecule has 1 fully saturated rings. The van der Waals surface area contributed by atoms with Crippen LogP contribution in [0, 0.1) is 5.92 Å². The molecule has 2 aliphatic rings. The van der Waals surface area contributed by atoms with Crippen LogP contribution in [0.15, 0.2) is 29.3 Å². The van der Waals surface area contributed by atoms with Gasteiger partial charge in [-0.15, -0.1) is 0 Å². The molecule has 0 aromatic heterocycles. The van der Waals surface area contributed by atoms with Gasteiger partial charge in [0.25, 0.3) is 0 Å². The number of hydrogen-bond acceptors (Lipinski definition) is 4. The summed E-state index contributed by atoms with van der Waals surface area (Å²) in [6.07, 6.45) is 9.06. The number of benzene rings is 1. The summed E-state index contributed by atoms with van der Waals surface area (Å²) in [6, 6.07) is 7.73. The third kappa shape index (κ3) is 5.55. The van der Waals surface area contributed by atoms with Crippen molar-refractivity contribution < 1.29 is 4.79 Å². The maximum Gasteiger partial charge on any atom is 0.211 e. The predicted molar refractivity (Wildman–Crippen MR) is 104 cm³/mol. The van der Waals surface area contributed by atoms with Crippen molar-refractivity contribution in [2.24, 2.45) is 16.6 Å². The fourth-order valence-electron chi connectivity index (χ4n) is 3.21. The highest BCUT2D eigenvalue weighted by Crippen LogP contribution is 2.35. The van der Waals surface area contributed by atoms with E-state index in [0.29, 0.717) is 11.6 Å². The Morgan fingerprint density at radius 1 is 1.33 bits per heavy atom. The van der Waals surface area contributed by atoms with E-state index in [2.05, 4.69) is 24.2 Å². The Hall–Kier alpha value is -1.49. The lowest BCUT2D eigenvalue weighted by Gasteiger charge is -2.30. The fraction of sp³-hybridized carbons (Fsp3) is 0.579. The lowest BCUT2D eigenvalue weighted by atomic mass is 9.89. The maximum atomic E-state index is 10.4. The Balaban J connectivity index is 0.000000249. The zero-order valence-corrected chi connectivity index (χ0v) is 15.6. The summed E-state index contributed by atoms with van der Waals surface area (Å²) in [5.74, 6) is 2.01. The molecule has 1 aromatic carbocycles. The number of rotatable bonds is 3. The quantitative estimate of drug-likeness (QED) is 0.791. The van der Waals surface area contributed by atoms with E-state index in [1.165, 1.54) is 32.1 Å². The van der Waals surface area contributed by atoms with Crippen LogP contribution >= 0.6 is 11.8 Å². The monoisotopic (exact) mass is 347 g/mol. The highest BCUT2D eigenvalue weighted by Gasteiger charge is 2.29. The van der Waals surface area contributed by atoms with Gasteiger partial charge in [0.15, 0.2) is 5.17 Å². The molecule has 1 unspecified atom stereocenters. The molecule has 132 valence electrons. The first kappa shape index (κ1) is 18.8. The van der Waals surface area contributed by atoms with Crippen LogP contribution in [0.2, 0.25) is 0 Å². The number of thioether (sulfide) groups is 1. The van der Waals surface area contributed by atoms with Crippen molar-refractivity contribution in [2.45, 2.75) is 57.9 Å². The molecule has 1 atom stereocenters. The van der Waals surface area contributed by atoms with Crippen LogP contribution < -0.4 is 11.1 Å².